The van der Waals surface area contributed by atoms with Gasteiger partial charge in [-0.15, -0.1) is 0 Å². The van der Waals surface area contributed by atoms with Crippen molar-refractivity contribution in [3.63, 3.8) is 0 Å². The molecule has 1 aliphatic heterocycles. The van der Waals surface area contributed by atoms with Gasteiger partial charge in [0, 0.05) is 36.6 Å². The van der Waals surface area contributed by atoms with Gasteiger partial charge in [-0.2, -0.15) is 5.10 Å². The minimum Gasteiger partial charge on any atom is -0.299 e. The predicted octanol–water partition coefficient (Wildman–Crippen LogP) is 4.33. The van der Waals surface area contributed by atoms with Crippen LogP contribution in [0.2, 0.25) is 0 Å². The highest BCUT2D eigenvalue weighted by Crippen LogP contribution is 2.29. The maximum absolute atomic E-state index is 4.87. The molecule has 0 spiro atoms. The van der Waals surface area contributed by atoms with Gasteiger partial charge in [-0.05, 0) is 37.8 Å². The maximum atomic E-state index is 4.87. The minimum atomic E-state index is 0.849. The molecule has 1 aromatic carbocycles. The zero-order chi connectivity index (χ0) is 17.2. The van der Waals surface area contributed by atoms with E-state index in [2.05, 4.69) is 55.3 Å². The number of benzene rings is 1. The summed E-state index contributed by atoms with van der Waals surface area (Å²) in [5, 5.41) is 4.87. The summed E-state index contributed by atoms with van der Waals surface area (Å²) < 4.78 is 1.95. The second kappa shape index (κ2) is 6.96. The molecule has 0 aliphatic carbocycles. The molecule has 3 aromatic rings. The maximum Gasteiger partial charge on any atom is 0.160 e. The quantitative estimate of drug-likeness (QED) is 0.696. The van der Waals surface area contributed by atoms with E-state index in [1.54, 1.807) is 0 Å². The normalized spacial score (nSPS) is 18.2. The molecular weight excluding hydrogens is 308 g/mol. The Balaban J connectivity index is 1.71. The largest absolute Gasteiger partial charge is 0.299 e. The SMILES string of the molecule is CCCC1CCN(Cc2c(-c3ccccc3)nn3cc(C)cnc23)C1. The molecule has 25 heavy (non-hydrogen) atoms. The molecule has 1 unspecified atom stereocenters. The van der Waals surface area contributed by atoms with Crippen LogP contribution in [0.4, 0.5) is 0 Å². The van der Waals surface area contributed by atoms with Crippen LogP contribution in [0.15, 0.2) is 42.7 Å². The van der Waals surface area contributed by atoms with E-state index in [9.17, 15) is 0 Å². The molecule has 4 rings (SSSR count). The van der Waals surface area contributed by atoms with E-state index in [-0.39, 0.29) is 0 Å². The average molecular weight is 334 g/mol. The van der Waals surface area contributed by atoms with Crippen molar-refractivity contribution in [2.45, 2.75) is 39.7 Å². The Hall–Kier alpha value is -2.20. The molecule has 2 aromatic heterocycles. The topological polar surface area (TPSA) is 33.4 Å². The van der Waals surface area contributed by atoms with E-state index in [1.807, 2.05) is 10.7 Å². The van der Waals surface area contributed by atoms with Crippen LogP contribution in [-0.4, -0.2) is 32.6 Å². The van der Waals surface area contributed by atoms with Gasteiger partial charge < -0.3 is 0 Å². The lowest BCUT2D eigenvalue weighted by Crippen LogP contribution is -2.20. The Kier molecular flexibility index (Phi) is 4.53. The molecule has 1 fully saturated rings. The number of aromatic nitrogens is 3. The summed E-state index contributed by atoms with van der Waals surface area (Å²) in [5.41, 5.74) is 5.61. The summed E-state index contributed by atoms with van der Waals surface area (Å²) >= 11 is 0. The molecule has 0 saturated carbocycles. The highest BCUT2D eigenvalue weighted by Gasteiger charge is 2.25. The van der Waals surface area contributed by atoms with Crippen LogP contribution < -0.4 is 0 Å². The van der Waals surface area contributed by atoms with Crippen molar-refractivity contribution in [2.24, 2.45) is 5.92 Å². The molecule has 0 N–H and O–H groups in total. The lowest BCUT2D eigenvalue weighted by molar-refractivity contribution is 0.314. The Bertz CT molecular complexity index is 853. The molecule has 0 radical (unpaired) electrons. The Labute approximate surface area is 149 Å². The van der Waals surface area contributed by atoms with Gasteiger partial charge in [0.2, 0.25) is 0 Å². The van der Waals surface area contributed by atoms with Crippen molar-refractivity contribution in [2.75, 3.05) is 13.1 Å². The number of nitrogens with zero attached hydrogens (tertiary/aromatic N) is 4. The molecule has 4 nitrogen and oxygen atoms in total. The molecule has 0 bridgehead atoms. The molecule has 3 heterocycles. The second-order valence-electron chi connectivity index (χ2n) is 7.27. The van der Waals surface area contributed by atoms with E-state index in [0.717, 1.165) is 29.4 Å². The molecule has 1 saturated heterocycles. The van der Waals surface area contributed by atoms with Crippen LogP contribution in [0.1, 0.15) is 37.3 Å². The molecule has 1 aliphatic rings. The highest BCUT2D eigenvalue weighted by atomic mass is 15.3. The van der Waals surface area contributed by atoms with Crippen LogP contribution in [0, 0.1) is 12.8 Å². The summed E-state index contributed by atoms with van der Waals surface area (Å²) in [7, 11) is 0. The monoisotopic (exact) mass is 334 g/mol. The lowest BCUT2D eigenvalue weighted by atomic mass is 10.0. The van der Waals surface area contributed by atoms with Crippen molar-refractivity contribution < 1.29 is 0 Å². The van der Waals surface area contributed by atoms with Crippen molar-refractivity contribution in [1.29, 1.82) is 0 Å². The van der Waals surface area contributed by atoms with Gasteiger partial charge in [0.15, 0.2) is 5.65 Å². The van der Waals surface area contributed by atoms with E-state index in [4.69, 9.17) is 10.1 Å². The van der Waals surface area contributed by atoms with E-state index in [1.165, 1.54) is 43.5 Å². The number of hydrogen-bond donors (Lipinski definition) is 0. The zero-order valence-corrected chi connectivity index (χ0v) is 15.2. The van der Waals surface area contributed by atoms with Gasteiger partial charge in [-0.25, -0.2) is 9.50 Å². The van der Waals surface area contributed by atoms with Gasteiger partial charge in [-0.1, -0.05) is 43.7 Å². The van der Waals surface area contributed by atoms with Crippen molar-refractivity contribution in [3.05, 3.63) is 53.9 Å². The average Bonchev–Trinajstić information content (AvgIpc) is 3.21. The van der Waals surface area contributed by atoms with Crippen molar-refractivity contribution in [3.8, 4) is 11.3 Å². The third-order valence-electron chi connectivity index (χ3n) is 5.19. The summed E-state index contributed by atoms with van der Waals surface area (Å²) in [4.78, 5) is 7.27. The summed E-state index contributed by atoms with van der Waals surface area (Å²) in [6.07, 6.45) is 7.96. The first kappa shape index (κ1) is 16.3. The molecule has 130 valence electrons. The molecule has 0 amide bonds. The van der Waals surface area contributed by atoms with E-state index < -0.39 is 0 Å². The van der Waals surface area contributed by atoms with Gasteiger partial charge in [0.25, 0.3) is 0 Å². The van der Waals surface area contributed by atoms with Gasteiger partial charge >= 0.3 is 0 Å². The Morgan fingerprint density at radius 2 is 2.04 bits per heavy atom. The first-order valence-corrected chi connectivity index (χ1v) is 9.36. The number of rotatable bonds is 5. The smallest absolute Gasteiger partial charge is 0.160 e. The number of likely N-dealkylation sites (tertiary alicyclic amines) is 1. The predicted molar refractivity (Wildman–Crippen MR) is 101 cm³/mol. The Morgan fingerprint density at radius 3 is 2.84 bits per heavy atom. The molecule has 1 atom stereocenters. The zero-order valence-electron chi connectivity index (χ0n) is 15.2. The fraction of sp³-hybridized carbons (Fsp3) is 0.429. The lowest BCUT2D eigenvalue weighted by Gasteiger charge is -2.16. The fourth-order valence-corrected chi connectivity index (χ4v) is 3.97. The third kappa shape index (κ3) is 3.31. The van der Waals surface area contributed by atoms with Crippen LogP contribution in [0.3, 0.4) is 0 Å². The van der Waals surface area contributed by atoms with Crippen LogP contribution in [-0.2, 0) is 6.54 Å². The fourth-order valence-electron chi connectivity index (χ4n) is 3.97. The second-order valence-corrected chi connectivity index (χ2v) is 7.27. The first-order valence-electron chi connectivity index (χ1n) is 9.36. The standard InChI is InChI=1S/C21H26N4/c1-3-7-17-10-11-24(14-17)15-19-20(18-8-5-4-6-9-18)23-25-13-16(2)12-22-21(19)25/h4-6,8-9,12-13,17H,3,7,10-11,14-15H2,1-2H3. The van der Waals surface area contributed by atoms with Crippen LogP contribution >= 0.6 is 0 Å². The van der Waals surface area contributed by atoms with E-state index >= 15 is 0 Å². The third-order valence-corrected chi connectivity index (χ3v) is 5.19. The molecular formula is C21H26N4. The number of aryl methyl sites for hydroxylation is 1. The van der Waals surface area contributed by atoms with Gasteiger partial charge in [-0.3, -0.25) is 4.90 Å². The summed E-state index contributed by atoms with van der Waals surface area (Å²) in [6, 6.07) is 10.5. The van der Waals surface area contributed by atoms with Crippen LogP contribution in [0.5, 0.6) is 0 Å². The minimum absolute atomic E-state index is 0.849. The number of hydrogen-bond acceptors (Lipinski definition) is 3. The number of fused-ring (bicyclic) bond motifs is 1. The van der Waals surface area contributed by atoms with Crippen molar-refractivity contribution in [1.82, 2.24) is 19.5 Å². The first-order chi connectivity index (χ1) is 12.2. The highest BCUT2D eigenvalue weighted by molar-refractivity contribution is 5.70. The van der Waals surface area contributed by atoms with Crippen LogP contribution in [0.25, 0.3) is 16.9 Å². The van der Waals surface area contributed by atoms with Gasteiger partial charge in [0.05, 0.1) is 5.69 Å². The molecule has 4 heteroatoms. The van der Waals surface area contributed by atoms with E-state index in [0.29, 0.717) is 0 Å². The van der Waals surface area contributed by atoms with Gasteiger partial charge in [0.1, 0.15) is 0 Å². The summed E-state index contributed by atoms with van der Waals surface area (Å²) in [6.45, 7) is 7.66. The Morgan fingerprint density at radius 1 is 1.20 bits per heavy atom. The van der Waals surface area contributed by atoms with Crippen molar-refractivity contribution >= 4 is 5.65 Å². The summed E-state index contributed by atoms with van der Waals surface area (Å²) in [5.74, 6) is 0.849.